The lowest BCUT2D eigenvalue weighted by atomic mass is 10.3. The molecular weight excluding hydrogens is 236 g/mol. The number of hydrogen-bond donors (Lipinski definition) is 2. The van der Waals surface area contributed by atoms with Crippen molar-refractivity contribution in [2.75, 3.05) is 5.32 Å². The Morgan fingerprint density at radius 1 is 1.50 bits per heavy atom. The molecule has 8 heteroatoms. The van der Waals surface area contributed by atoms with Crippen molar-refractivity contribution in [3.8, 4) is 0 Å². The first-order valence-corrected chi connectivity index (χ1v) is 5.30. The Kier molecular flexibility index (Phi) is 3.58. The summed E-state index contributed by atoms with van der Waals surface area (Å²) < 4.78 is 1.33. The first-order valence-electron chi connectivity index (χ1n) is 5.30. The number of amides is 1. The third-order valence-corrected chi connectivity index (χ3v) is 2.11. The summed E-state index contributed by atoms with van der Waals surface area (Å²) in [6.07, 6.45) is 3.86. The number of aliphatic hydroxyl groups is 1. The highest BCUT2D eigenvalue weighted by atomic mass is 16.3. The normalized spacial score (nSPS) is 12.1. The van der Waals surface area contributed by atoms with Gasteiger partial charge in [0.25, 0.3) is 0 Å². The van der Waals surface area contributed by atoms with Crippen LogP contribution in [0.15, 0.2) is 24.7 Å². The van der Waals surface area contributed by atoms with E-state index in [4.69, 9.17) is 0 Å². The predicted octanol–water partition coefficient (Wildman–Crippen LogP) is -0.240. The van der Waals surface area contributed by atoms with Gasteiger partial charge < -0.3 is 5.11 Å². The van der Waals surface area contributed by atoms with Crippen LogP contribution in [0.25, 0.3) is 0 Å². The van der Waals surface area contributed by atoms with Gasteiger partial charge in [-0.15, -0.1) is 5.10 Å². The van der Waals surface area contributed by atoms with Gasteiger partial charge in [0.2, 0.25) is 11.9 Å². The molecule has 0 saturated heterocycles. The zero-order chi connectivity index (χ0) is 13.0. The number of aromatic nitrogens is 5. The molecule has 0 aliphatic carbocycles. The number of anilines is 1. The van der Waals surface area contributed by atoms with Gasteiger partial charge in [-0.1, -0.05) is 5.21 Å². The van der Waals surface area contributed by atoms with Crippen molar-refractivity contribution in [3.63, 3.8) is 0 Å². The largest absolute Gasteiger partial charge is 0.387 e. The van der Waals surface area contributed by atoms with Gasteiger partial charge in [-0.3, -0.25) is 10.1 Å². The average Bonchev–Trinajstić information content (AvgIpc) is 2.78. The second-order valence-electron chi connectivity index (χ2n) is 3.64. The monoisotopic (exact) mass is 248 g/mol. The molecular formula is C10H12N6O2. The van der Waals surface area contributed by atoms with Gasteiger partial charge in [0.05, 0.1) is 12.3 Å². The Hall–Kier alpha value is -2.35. The van der Waals surface area contributed by atoms with E-state index in [0.717, 1.165) is 0 Å². The van der Waals surface area contributed by atoms with E-state index in [1.165, 1.54) is 23.3 Å². The van der Waals surface area contributed by atoms with Crippen LogP contribution in [-0.2, 0) is 11.3 Å². The first kappa shape index (κ1) is 12.1. The summed E-state index contributed by atoms with van der Waals surface area (Å²) >= 11 is 0. The maximum absolute atomic E-state index is 11.6. The maximum Gasteiger partial charge on any atom is 0.248 e. The van der Waals surface area contributed by atoms with Crippen molar-refractivity contribution in [1.82, 2.24) is 25.0 Å². The summed E-state index contributed by atoms with van der Waals surface area (Å²) in [5.41, 5.74) is 0.416. The zero-order valence-corrected chi connectivity index (χ0v) is 9.69. The van der Waals surface area contributed by atoms with Crippen LogP contribution in [-0.4, -0.2) is 36.0 Å². The van der Waals surface area contributed by atoms with Gasteiger partial charge in [-0.25, -0.2) is 14.6 Å². The Labute approximate surface area is 103 Å². The van der Waals surface area contributed by atoms with E-state index in [1.54, 1.807) is 13.0 Å². The number of hydrogen-bond acceptors (Lipinski definition) is 6. The highest BCUT2D eigenvalue weighted by Crippen LogP contribution is 2.06. The minimum atomic E-state index is -0.709. The zero-order valence-electron chi connectivity index (χ0n) is 9.69. The molecule has 2 aromatic rings. The highest BCUT2D eigenvalue weighted by Gasteiger charge is 2.09. The summed E-state index contributed by atoms with van der Waals surface area (Å²) in [4.78, 5) is 19.3. The van der Waals surface area contributed by atoms with E-state index in [2.05, 4.69) is 25.6 Å². The van der Waals surface area contributed by atoms with E-state index in [-0.39, 0.29) is 18.4 Å². The fourth-order valence-corrected chi connectivity index (χ4v) is 1.26. The van der Waals surface area contributed by atoms with E-state index < -0.39 is 6.10 Å². The summed E-state index contributed by atoms with van der Waals surface area (Å²) in [5.74, 6) is -0.0818. The third kappa shape index (κ3) is 3.08. The molecule has 18 heavy (non-hydrogen) atoms. The molecule has 0 saturated carbocycles. The van der Waals surface area contributed by atoms with E-state index >= 15 is 0 Å². The van der Waals surface area contributed by atoms with Crippen molar-refractivity contribution in [3.05, 3.63) is 30.4 Å². The quantitative estimate of drug-likeness (QED) is 0.773. The first-order chi connectivity index (χ1) is 8.65. The van der Waals surface area contributed by atoms with Crippen LogP contribution in [0.3, 0.4) is 0 Å². The molecule has 2 rings (SSSR count). The van der Waals surface area contributed by atoms with Gasteiger partial charge in [0.15, 0.2) is 0 Å². The summed E-state index contributed by atoms with van der Waals surface area (Å²) in [6.45, 7) is 1.56. The Bertz CT molecular complexity index is 524. The topological polar surface area (TPSA) is 106 Å². The lowest BCUT2D eigenvalue weighted by Gasteiger charge is -2.02. The molecule has 2 aromatic heterocycles. The fourth-order valence-electron chi connectivity index (χ4n) is 1.26. The van der Waals surface area contributed by atoms with Crippen LogP contribution in [0.1, 0.15) is 18.7 Å². The summed E-state index contributed by atoms with van der Waals surface area (Å²) in [6, 6.07) is 1.65. The molecule has 94 valence electrons. The molecule has 8 nitrogen and oxygen atoms in total. The number of nitrogens with zero attached hydrogens (tertiary/aromatic N) is 5. The number of carbonyl (C=O) groups excluding carboxylic acids is 1. The van der Waals surface area contributed by atoms with E-state index in [0.29, 0.717) is 5.69 Å². The van der Waals surface area contributed by atoms with Gasteiger partial charge in [-0.2, -0.15) is 0 Å². The third-order valence-electron chi connectivity index (χ3n) is 2.11. The minimum Gasteiger partial charge on any atom is -0.387 e. The van der Waals surface area contributed by atoms with Crippen LogP contribution in [0.4, 0.5) is 5.95 Å². The standard InChI is InChI=1S/C10H12N6O2/c1-7(17)8-5-16(15-14-8)6-9(18)13-10-11-3-2-4-12-10/h2-5,7,17H,6H2,1H3,(H,11,12,13,18). The van der Waals surface area contributed by atoms with Crippen molar-refractivity contribution >= 4 is 11.9 Å². The lowest BCUT2D eigenvalue weighted by Crippen LogP contribution is -2.20. The van der Waals surface area contributed by atoms with Gasteiger partial charge >= 0.3 is 0 Å². The molecule has 0 fully saturated rings. The summed E-state index contributed by atoms with van der Waals surface area (Å²) in [5, 5.41) is 19.2. The molecule has 1 atom stereocenters. The highest BCUT2D eigenvalue weighted by molar-refractivity contribution is 5.88. The van der Waals surface area contributed by atoms with Crippen molar-refractivity contribution < 1.29 is 9.90 Å². The smallest absolute Gasteiger partial charge is 0.248 e. The van der Waals surface area contributed by atoms with Gasteiger partial charge in [-0.05, 0) is 13.0 Å². The molecule has 0 aromatic carbocycles. The van der Waals surface area contributed by atoms with Crippen LogP contribution < -0.4 is 5.32 Å². The number of nitrogens with one attached hydrogen (secondary N) is 1. The SMILES string of the molecule is CC(O)c1cn(CC(=O)Nc2ncccn2)nn1. The molecule has 1 unspecified atom stereocenters. The van der Waals surface area contributed by atoms with E-state index in [1.807, 2.05) is 0 Å². The molecule has 2 heterocycles. The maximum atomic E-state index is 11.6. The molecule has 0 radical (unpaired) electrons. The Balaban J connectivity index is 1.95. The second-order valence-corrected chi connectivity index (χ2v) is 3.64. The van der Waals surface area contributed by atoms with Crippen molar-refractivity contribution in [2.45, 2.75) is 19.6 Å². The molecule has 0 bridgehead atoms. The molecule has 1 amide bonds. The van der Waals surface area contributed by atoms with Gasteiger partial charge in [0, 0.05) is 12.4 Å². The van der Waals surface area contributed by atoms with Crippen molar-refractivity contribution in [2.24, 2.45) is 0 Å². The Morgan fingerprint density at radius 2 is 2.22 bits per heavy atom. The Morgan fingerprint density at radius 3 is 2.83 bits per heavy atom. The molecule has 2 N–H and O–H groups in total. The van der Waals surface area contributed by atoms with Crippen LogP contribution in [0, 0.1) is 0 Å². The molecule has 0 spiro atoms. The van der Waals surface area contributed by atoms with Crippen LogP contribution in [0.5, 0.6) is 0 Å². The van der Waals surface area contributed by atoms with Crippen LogP contribution >= 0.6 is 0 Å². The summed E-state index contributed by atoms with van der Waals surface area (Å²) in [7, 11) is 0. The second kappa shape index (κ2) is 5.32. The van der Waals surface area contributed by atoms with Crippen LogP contribution in [0.2, 0.25) is 0 Å². The minimum absolute atomic E-state index is 0.0159. The fraction of sp³-hybridized carbons (Fsp3) is 0.300. The predicted molar refractivity (Wildman–Crippen MR) is 61.3 cm³/mol. The number of aliphatic hydroxyl groups excluding tert-OH is 1. The average molecular weight is 248 g/mol. The lowest BCUT2D eigenvalue weighted by molar-refractivity contribution is -0.117. The molecule has 0 aliphatic heterocycles. The van der Waals surface area contributed by atoms with E-state index in [9.17, 15) is 9.90 Å². The number of rotatable bonds is 4. The van der Waals surface area contributed by atoms with Crippen molar-refractivity contribution in [1.29, 1.82) is 0 Å². The van der Waals surface area contributed by atoms with Gasteiger partial charge in [0.1, 0.15) is 12.2 Å². The molecule has 0 aliphatic rings. The number of carbonyl (C=O) groups is 1.